The summed E-state index contributed by atoms with van der Waals surface area (Å²) in [6, 6.07) is 0. The first-order valence-electron chi connectivity index (χ1n) is 6.54. The van der Waals surface area contributed by atoms with E-state index in [4.69, 9.17) is 4.74 Å². The molecule has 1 N–H and O–H groups in total. The molecule has 1 rings (SSSR count). The Hall–Kier alpha value is -0.830. The van der Waals surface area contributed by atoms with Gasteiger partial charge in [0.2, 0.25) is 0 Å². The first-order valence-corrected chi connectivity index (χ1v) is 6.54. The number of carbonyl (C=O) groups is 1. The standard InChI is InChI=1S/C14H24O3/c1-4-5-6-7-11-9-12(15)8-10(2)13(11)14(16)17-3/h8,11-13,15H,4-7,9H2,1-3H3/t11-,12-,13+/m1/s1. The summed E-state index contributed by atoms with van der Waals surface area (Å²) >= 11 is 0. The van der Waals surface area contributed by atoms with E-state index >= 15 is 0 Å². The van der Waals surface area contributed by atoms with Crippen molar-refractivity contribution in [1.82, 2.24) is 0 Å². The van der Waals surface area contributed by atoms with Crippen molar-refractivity contribution in [1.29, 1.82) is 0 Å². The smallest absolute Gasteiger partial charge is 0.313 e. The predicted octanol–water partition coefficient (Wildman–Crippen LogP) is 2.68. The molecule has 0 bridgehead atoms. The third-order valence-electron chi connectivity index (χ3n) is 3.60. The number of esters is 1. The van der Waals surface area contributed by atoms with E-state index in [2.05, 4.69) is 6.92 Å². The van der Waals surface area contributed by atoms with Crippen molar-refractivity contribution in [3.8, 4) is 0 Å². The largest absolute Gasteiger partial charge is 0.469 e. The number of unbranched alkanes of at least 4 members (excludes halogenated alkanes) is 2. The van der Waals surface area contributed by atoms with Crippen molar-refractivity contribution in [2.75, 3.05) is 7.11 Å². The van der Waals surface area contributed by atoms with Crippen LogP contribution in [0.2, 0.25) is 0 Å². The molecule has 0 aromatic carbocycles. The van der Waals surface area contributed by atoms with E-state index in [0.717, 1.165) is 18.4 Å². The van der Waals surface area contributed by atoms with Gasteiger partial charge in [0.1, 0.15) is 0 Å². The summed E-state index contributed by atoms with van der Waals surface area (Å²) in [6.45, 7) is 4.08. The summed E-state index contributed by atoms with van der Waals surface area (Å²) in [5.41, 5.74) is 0.956. The van der Waals surface area contributed by atoms with Gasteiger partial charge in [-0.1, -0.05) is 37.8 Å². The Morgan fingerprint density at radius 2 is 2.24 bits per heavy atom. The maximum Gasteiger partial charge on any atom is 0.313 e. The fraction of sp³-hybridized carbons (Fsp3) is 0.786. The van der Waals surface area contributed by atoms with Crippen LogP contribution in [0.4, 0.5) is 0 Å². The molecule has 1 aliphatic carbocycles. The van der Waals surface area contributed by atoms with Gasteiger partial charge in [0.25, 0.3) is 0 Å². The third kappa shape index (κ3) is 3.84. The molecule has 0 radical (unpaired) electrons. The molecule has 0 aromatic rings. The van der Waals surface area contributed by atoms with Gasteiger partial charge in [0.05, 0.1) is 19.1 Å². The van der Waals surface area contributed by atoms with Crippen LogP contribution >= 0.6 is 0 Å². The van der Waals surface area contributed by atoms with Crippen LogP contribution in [-0.4, -0.2) is 24.3 Å². The van der Waals surface area contributed by atoms with Crippen LogP contribution in [0, 0.1) is 11.8 Å². The van der Waals surface area contributed by atoms with Gasteiger partial charge in [-0.2, -0.15) is 0 Å². The minimum absolute atomic E-state index is 0.153. The lowest BCUT2D eigenvalue weighted by molar-refractivity contribution is -0.146. The SMILES string of the molecule is CCCCC[C@@H]1C[C@H](O)C=C(C)[C@@H]1C(=O)OC. The number of ether oxygens (including phenoxy) is 1. The summed E-state index contributed by atoms with van der Waals surface area (Å²) in [7, 11) is 1.43. The zero-order valence-corrected chi connectivity index (χ0v) is 11.1. The van der Waals surface area contributed by atoms with Crippen molar-refractivity contribution in [3.05, 3.63) is 11.6 Å². The lowest BCUT2D eigenvalue weighted by Crippen LogP contribution is -2.32. The Kier molecular flexibility index (Phi) is 5.69. The maximum atomic E-state index is 11.8. The molecule has 3 nitrogen and oxygen atoms in total. The molecule has 0 spiro atoms. The zero-order valence-electron chi connectivity index (χ0n) is 11.1. The van der Waals surface area contributed by atoms with Crippen molar-refractivity contribution in [2.24, 2.45) is 11.8 Å². The Morgan fingerprint density at radius 3 is 2.82 bits per heavy atom. The van der Waals surface area contributed by atoms with E-state index in [1.807, 2.05) is 6.92 Å². The first kappa shape index (κ1) is 14.2. The summed E-state index contributed by atoms with van der Waals surface area (Å²) in [5, 5.41) is 9.75. The second-order valence-electron chi connectivity index (χ2n) is 4.97. The van der Waals surface area contributed by atoms with Crippen LogP contribution < -0.4 is 0 Å². The molecule has 0 unspecified atom stereocenters. The van der Waals surface area contributed by atoms with E-state index in [9.17, 15) is 9.90 Å². The van der Waals surface area contributed by atoms with Crippen LogP contribution in [-0.2, 0) is 9.53 Å². The minimum Gasteiger partial charge on any atom is -0.469 e. The Bertz CT molecular complexity index is 283. The molecule has 1 aliphatic rings. The minimum atomic E-state index is -0.400. The average Bonchev–Trinajstić information content (AvgIpc) is 2.28. The third-order valence-corrected chi connectivity index (χ3v) is 3.60. The van der Waals surface area contributed by atoms with Gasteiger partial charge in [-0.3, -0.25) is 4.79 Å². The zero-order chi connectivity index (χ0) is 12.8. The highest BCUT2D eigenvalue weighted by Crippen LogP contribution is 2.35. The van der Waals surface area contributed by atoms with Gasteiger partial charge >= 0.3 is 5.97 Å². The number of aliphatic hydroxyl groups excluding tert-OH is 1. The van der Waals surface area contributed by atoms with E-state index in [0.29, 0.717) is 6.42 Å². The Labute approximate surface area is 104 Å². The van der Waals surface area contributed by atoms with Crippen molar-refractivity contribution < 1.29 is 14.6 Å². The highest BCUT2D eigenvalue weighted by atomic mass is 16.5. The van der Waals surface area contributed by atoms with Crippen molar-refractivity contribution >= 4 is 5.97 Å². The van der Waals surface area contributed by atoms with Crippen LogP contribution in [0.3, 0.4) is 0 Å². The maximum absolute atomic E-state index is 11.8. The molecule has 0 amide bonds. The highest BCUT2D eigenvalue weighted by molar-refractivity contribution is 5.76. The number of aliphatic hydroxyl groups is 1. The van der Waals surface area contributed by atoms with Crippen molar-refractivity contribution in [3.63, 3.8) is 0 Å². The lowest BCUT2D eigenvalue weighted by atomic mass is 9.75. The van der Waals surface area contributed by atoms with Gasteiger partial charge in [-0.25, -0.2) is 0 Å². The molecule has 0 fully saturated rings. The number of carbonyl (C=O) groups excluding carboxylic acids is 1. The molecule has 98 valence electrons. The average molecular weight is 240 g/mol. The predicted molar refractivity (Wildman–Crippen MR) is 67.5 cm³/mol. The van der Waals surface area contributed by atoms with Gasteiger partial charge in [0.15, 0.2) is 0 Å². The summed E-state index contributed by atoms with van der Waals surface area (Å²) < 4.78 is 4.87. The Morgan fingerprint density at radius 1 is 1.53 bits per heavy atom. The lowest BCUT2D eigenvalue weighted by Gasteiger charge is -2.31. The van der Waals surface area contributed by atoms with Crippen LogP contribution in [0.1, 0.15) is 46.0 Å². The fourth-order valence-corrected chi connectivity index (χ4v) is 2.74. The van der Waals surface area contributed by atoms with Crippen LogP contribution in [0.5, 0.6) is 0 Å². The molecule has 0 saturated heterocycles. The van der Waals surface area contributed by atoms with Crippen molar-refractivity contribution in [2.45, 2.75) is 52.1 Å². The summed E-state index contributed by atoms with van der Waals surface area (Å²) in [4.78, 5) is 11.8. The van der Waals surface area contributed by atoms with Crippen LogP contribution in [0.25, 0.3) is 0 Å². The van der Waals surface area contributed by atoms with E-state index in [1.165, 1.54) is 20.0 Å². The molecule has 3 heteroatoms. The monoisotopic (exact) mass is 240 g/mol. The van der Waals surface area contributed by atoms with Gasteiger partial charge in [-0.15, -0.1) is 0 Å². The van der Waals surface area contributed by atoms with Gasteiger partial charge in [0, 0.05) is 0 Å². The second kappa shape index (κ2) is 6.80. The van der Waals surface area contributed by atoms with E-state index < -0.39 is 6.10 Å². The fourth-order valence-electron chi connectivity index (χ4n) is 2.74. The second-order valence-corrected chi connectivity index (χ2v) is 4.97. The van der Waals surface area contributed by atoms with Gasteiger partial charge in [-0.05, 0) is 25.7 Å². The number of rotatable bonds is 5. The number of hydrogen-bond donors (Lipinski definition) is 1. The molecule has 0 aromatic heterocycles. The molecule has 0 saturated carbocycles. The van der Waals surface area contributed by atoms with E-state index in [1.54, 1.807) is 6.08 Å². The molecular formula is C14H24O3. The first-order chi connectivity index (χ1) is 8.10. The molecule has 17 heavy (non-hydrogen) atoms. The van der Waals surface area contributed by atoms with E-state index in [-0.39, 0.29) is 17.8 Å². The number of methoxy groups -OCH3 is 1. The molecule has 0 aliphatic heterocycles. The van der Waals surface area contributed by atoms with Crippen LogP contribution in [0.15, 0.2) is 11.6 Å². The number of hydrogen-bond acceptors (Lipinski definition) is 3. The highest BCUT2D eigenvalue weighted by Gasteiger charge is 2.34. The Balaban J connectivity index is 2.70. The van der Waals surface area contributed by atoms with Gasteiger partial charge < -0.3 is 9.84 Å². The molecule has 3 atom stereocenters. The molecule has 0 heterocycles. The topological polar surface area (TPSA) is 46.5 Å². The molecular weight excluding hydrogens is 216 g/mol. The quantitative estimate of drug-likeness (QED) is 0.456. The summed E-state index contributed by atoms with van der Waals surface area (Å²) in [6.07, 6.45) is 6.54. The summed E-state index contributed by atoms with van der Waals surface area (Å²) in [5.74, 6) is -0.0820. The normalized spacial score (nSPS) is 28.7.